The molecule has 258 valence electrons. The van der Waals surface area contributed by atoms with Gasteiger partial charge in [-0.1, -0.05) is 53.7 Å². The van der Waals surface area contributed by atoms with Gasteiger partial charge in [-0.25, -0.2) is 0 Å². The van der Waals surface area contributed by atoms with Gasteiger partial charge in [-0.05, 0) is 61.9 Å². The van der Waals surface area contributed by atoms with E-state index in [9.17, 15) is 36.2 Å². The quantitative estimate of drug-likeness (QED) is 0.172. The summed E-state index contributed by atoms with van der Waals surface area (Å²) in [6.45, 7) is 16.5. The van der Waals surface area contributed by atoms with Gasteiger partial charge < -0.3 is 10.0 Å². The van der Waals surface area contributed by atoms with Gasteiger partial charge in [0.2, 0.25) is 11.5 Å². The highest BCUT2D eigenvalue weighted by atomic mass is 19.4. The van der Waals surface area contributed by atoms with Gasteiger partial charge in [0.15, 0.2) is 5.71 Å². The number of nitrogens with zero attached hydrogens (tertiary/aromatic N) is 2. The highest BCUT2D eigenvalue weighted by molar-refractivity contribution is 6.24. The van der Waals surface area contributed by atoms with Crippen LogP contribution < -0.4 is 4.90 Å². The Bertz CT molecular complexity index is 1780. The van der Waals surface area contributed by atoms with Crippen molar-refractivity contribution in [2.24, 2.45) is 11.8 Å². The number of rotatable bonds is 8. The SMILES string of the molecule is CC(C)CCN1/C(=C\C2=C(O)C(=C\C3=[N+](CCC(C)C)c4cc(C(F)(F)F)ccc4C3(C)C)/C2=O)C(C)(C)c2ccc(C(F)(F)F)cc21. The van der Waals surface area contributed by atoms with E-state index in [-0.39, 0.29) is 28.7 Å². The van der Waals surface area contributed by atoms with Crippen LogP contribution in [0.2, 0.25) is 0 Å². The molecule has 1 aliphatic carbocycles. The minimum atomic E-state index is -4.53. The molecule has 0 bridgehead atoms. The molecule has 0 amide bonds. The lowest BCUT2D eigenvalue weighted by Gasteiger charge is -2.30. The summed E-state index contributed by atoms with van der Waals surface area (Å²) in [6, 6.07) is 7.39. The number of carbonyl (C=O) groups is 1. The zero-order valence-electron chi connectivity index (χ0n) is 28.6. The number of allylic oxidation sites excluding steroid dienone is 5. The number of hydrogen-bond acceptors (Lipinski definition) is 3. The summed E-state index contributed by atoms with van der Waals surface area (Å²) in [6.07, 6.45) is -4.53. The molecule has 4 nitrogen and oxygen atoms in total. The average molecular weight is 674 g/mol. The summed E-state index contributed by atoms with van der Waals surface area (Å²) in [7, 11) is 0. The third kappa shape index (κ3) is 6.11. The molecule has 0 fully saturated rings. The number of carbonyl (C=O) groups excluding carboxylic acids is 1. The molecule has 0 aromatic heterocycles. The van der Waals surface area contributed by atoms with Crippen LogP contribution in [0.15, 0.2) is 71.2 Å². The lowest BCUT2D eigenvalue weighted by atomic mass is 9.77. The Hall–Kier alpha value is -3.82. The lowest BCUT2D eigenvalue weighted by Crippen LogP contribution is -2.32. The van der Waals surface area contributed by atoms with Gasteiger partial charge in [-0.15, -0.1) is 0 Å². The van der Waals surface area contributed by atoms with Gasteiger partial charge in [0, 0.05) is 47.5 Å². The molecule has 2 aromatic carbocycles. The normalized spacial score (nSPS) is 20.5. The summed E-state index contributed by atoms with van der Waals surface area (Å²) in [5, 5.41) is 11.3. The van der Waals surface area contributed by atoms with E-state index in [4.69, 9.17) is 0 Å². The molecule has 0 saturated carbocycles. The Labute approximate surface area is 278 Å². The minimum Gasteiger partial charge on any atom is -0.506 e. The molecule has 1 N–H and O–H groups in total. The topological polar surface area (TPSA) is 43.5 Å². The van der Waals surface area contributed by atoms with E-state index in [1.807, 2.05) is 64.9 Å². The summed E-state index contributed by atoms with van der Waals surface area (Å²) in [5.74, 6) is -0.166. The van der Waals surface area contributed by atoms with Crippen LogP contribution in [0.5, 0.6) is 0 Å². The van der Waals surface area contributed by atoms with Crippen LogP contribution in [0.25, 0.3) is 0 Å². The first-order chi connectivity index (χ1) is 22.1. The van der Waals surface area contributed by atoms with E-state index in [0.717, 1.165) is 24.3 Å². The average Bonchev–Trinajstić information content (AvgIpc) is 3.32. The lowest BCUT2D eigenvalue weighted by molar-refractivity contribution is -0.439. The fourth-order valence-corrected chi connectivity index (χ4v) is 6.89. The van der Waals surface area contributed by atoms with Crippen LogP contribution in [0.1, 0.15) is 90.5 Å². The molecule has 0 spiro atoms. The summed E-state index contributed by atoms with van der Waals surface area (Å²) < 4.78 is 84.2. The van der Waals surface area contributed by atoms with E-state index in [1.165, 1.54) is 12.1 Å². The molecule has 0 saturated heterocycles. The molecular weight excluding hydrogens is 630 g/mol. The summed E-state index contributed by atoms with van der Waals surface area (Å²) in [4.78, 5) is 15.6. The first-order valence-corrected chi connectivity index (χ1v) is 16.3. The van der Waals surface area contributed by atoms with Gasteiger partial charge in [0.05, 0.1) is 27.7 Å². The number of aliphatic hydroxyl groups excluding tert-OH is 1. The zero-order chi connectivity index (χ0) is 35.7. The van der Waals surface area contributed by atoms with E-state index in [1.54, 1.807) is 12.2 Å². The zero-order valence-corrected chi connectivity index (χ0v) is 28.6. The first kappa shape index (κ1) is 35.5. The Kier molecular flexibility index (Phi) is 8.83. The number of ketones is 1. The van der Waals surface area contributed by atoms with Crippen LogP contribution in [-0.2, 0) is 28.0 Å². The number of Topliss-reactive ketones (excluding diaryl/α,β-unsaturated/α-hetero) is 1. The van der Waals surface area contributed by atoms with Crippen molar-refractivity contribution < 1.29 is 40.8 Å². The van der Waals surface area contributed by atoms with Gasteiger partial charge in [0.1, 0.15) is 12.3 Å². The number of anilines is 1. The number of halogens is 6. The van der Waals surface area contributed by atoms with Crippen molar-refractivity contribution in [3.8, 4) is 0 Å². The number of hydrogen-bond donors (Lipinski definition) is 1. The number of alkyl halides is 6. The number of benzene rings is 2. The van der Waals surface area contributed by atoms with Crippen molar-refractivity contribution in [2.75, 3.05) is 18.0 Å². The van der Waals surface area contributed by atoms with Gasteiger partial charge in [-0.2, -0.15) is 30.9 Å². The second kappa shape index (κ2) is 11.9. The van der Waals surface area contributed by atoms with Gasteiger partial charge in [0.25, 0.3) is 0 Å². The van der Waals surface area contributed by atoms with Crippen molar-refractivity contribution in [1.29, 1.82) is 0 Å². The third-order valence-electron chi connectivity index (χ3n) is 9.86. The highest BCUT2D eigenvalue weighted by Gasteiger charge is 2.49. The van der Waals surface area contributed by atoms with Crippen LogP contribution in [0, 0.1) is 11.8 Å². The van der Waals surface area contributed by atoms with Crippen LogP contribution in [-0.4, -0.2) is 34.3 Å². The van der Waals surface area contributed by atoms with Crippen molar-refractivity contribution in [1.82, 2.24) is 0 Å². The van der Waals surface area contributed by atoms with Crippen molar-refractivity contribution >= 4 is 22.9 Å². The molecule has 2 heterocycles. The minimum absolute atomic E-state index is 0.0460. The maximum absolute atomic E-state index is 13.8. The molecule has 10 heteroatoms. The van der Waals surface area contributed by atoms with Crippen molar-refractivity contribution in [3.63, 3.8) is 0 Å². The Morgan fingerprint density at radius 1 is 0.812 bits per heavy atom. The van der Waals surface area contributed by atoms with Crippen LogP contribution >= 0.6 is 0 Å². The standard InChI is InChI=1S/C38H42F6N2O2/c1-21(2)13-15-45-29-17-23(37(39,40)41)9-11-27(29)35(5,6)31(45)19-25-33(47)26(34(25)48)20-32-36(7,8)28-12-10-24(38(42,43)44)18-30(28)46(32)16-14-22(3)4/h9-12,17-22H,13-16H2,1-8H3/p+1. The first-order valence-electron chi connectivity index (χ1n) is 16.3. The molecule has 48 heavy (non-hydrogen) atoms. The van der Waals surface area contributed by atoms with E-state index >= 15 is 0 Å². The molecule has 5 rings (SSSR count). The smallest absolute Gasteiger partial charge is 0.416 e. The Balaban J connectivity index is 1.61. The third-order valence-corrected chi connectivity index (χ3v) is 9.86. The molecule has 0 unspecified atom stereocenters. The predicted octanol–water partition coefficient (Wildman–Crippen LogP) is 10.2. The fourth-order valence-electron chi connectivity index (χ4n) is 6.89. The number of aliphatic hydroxyl groups is 1. The Morgan fingerprint density at radius 3 is 1.92 bits per heavy atom. The molecule has 0 atom stereocenters. The Morgan fingerprint density at radius 2 is 1.38 bits per heavy atom. The molecular formula is C38H43F6N2O2+. The highest BCUT2D eigenvalue weighted by Crippen LogP contribution is 2.51. The van der Waals surface area contributed by atoms with Gasteiger partial charge in [-0.3, -0.25) is 4.79 Å². The van der Waals surface area contributed by atoms with E-state index < -0.39 is 40.1 Å². The molecule has 2 aliphatic heterocycles. The fraction of sp³-hybridized carbons (Fsp3) is 0.474. The number of fused-ring (bicyclic) bond motifs is 2. The second-order valence-electron chi connectivity index (χ2n) is 14.9. The largest absolute Gasteiger partial charge is 0.506 e. The van der Waals surface area contributed by atoms with Gasteiger partial charge >= 0.3 is 12.4 Å². The molecule has 2 aromatic rings. The van der Waals surface area contributed by atoms with E-state index in [2.05, 4.69) is 0 Å². The maximum Gasteiger partial charge on any atom is 0.416 e. The summed E-state index contributed by atoms with van der Waals surface area (Å²) >= 11 is 0. The monoisotopic (exact) mass is 673 g/mol. The van der Waals surface area contributed by atoms with Crippen molar-refractivity contribution in [3.05, 3.63) is 93.4 Å². The maximum atomic E-state index is 13.8. The summed E-state index contributed by atoms with van der Waals surface area (Å²) in [5.41, 5.74) is 0.457. The molecule has 0 radical (unpaired) electrons. The van der Waals surface area contributed by atoms with Crippen molar-refractivity contribution in [2.45, 2.75) is 91.4 Å². The van der Waals surface area contributed by atoms with E-state index in [0.29, 0.717) is 59.8 Å². The van der Waals surface area contributed by atoms with Crippen LogP contribution in [0.4, 0.5) is 37.7 Å². The predicted molar refractivity (Wildman–Crippen MR) is 176 cm³/mol. The molecule has 3 aliphatic rings. The van der Waals surface area contributed by atoms with Crippen LogP contribution in [0.3, 0.4) is 0 Å². The second-order valence-corrected chi connectivity index (χ2v) is 14.9.